The van der Waals surface area contributed by atoms with Crippen molar-refractivity contribution in [2.45, 2.75) is 5.92 Å². The summed E-state index contributed by atoms with van der Waals surface area (Å²) < 4.78 is 9.90. The van der Waals surface area contributed by atoms with Gasteiger partial charge in [0.1, 0.15) is 0 Å². The second-order valence-electron chi connectivity index (χ2n) is 4.24. The molecule has 0 aliphatic heterocycles. The van der Waals surface area contributed by atoms with Crippen molar-refractivity contribution in [3.05, 3.63) is 35.9 Å². The lowest BCUT2D eigenvalue weighted by molar-refractivity contribution is -0.142. The number of nitrogens with zero attached hydrogens (tertiary/aromatic N) is 1. The van der Waals surface area contributed by atoms with E-state index in [4.69, 9.17) is 9.47 Å². The van der Waals surface area contributed by atoms with E-state index in [1.54, 1.807) is 7.11 Å². The molecule has 0 radical (unpaired) electrons. The molecule has 100 valence electrons. The lowest BCUT2D eigenvalue weighted by Gasteiger charge is -2.22. The number of carbonyl (C=O) groups is 1. The van der Waals surface area contributed by atoms with E-state index < -0.39 is 0 Å². The second-order valence-corrected chi connectivity index (χ2v) is 4.24. The first-order valence-electron chi connectivity index (χ1n) is 5.99. The van der Waals surface area contributed by atoms with Gasteiger partial charge in [0.25, 0.3) is 0 Å². The predicted molar refractivity (Wildman–Crippen MR) is 70.6 cm³/mol. The topological polar surface area (TPSA) is 38.8 Å². The molecule has 1 aromatic rings. The zero-order valence-corrected chi connectivity index (χ0v) is 11.3. The molecule has 1 rings (SSSR count). The van der Waals surface area contributed by atoms with Crippen molar-refractivity contribution in [1.29, 1.82) is 0 Å². The van der Waals surface area contributed by atoms with Crippen molar-refractivity contribution in [3.63, 3.8) is 0 Å². The Bertz CT molecular complexity index is 353. The van der Waals surface area contributed by atoms with Gasteiger partial charge in [0.2, 0.25) is 0 Å². The van der Waals surface area contributed by atoms with Gasteiger partial charge in [-0.15, -0.1) is 0 Å². The van der Waals surface area contributed by atoms with E-state index in [2.05, 4.69) is 4.90 Å². The van der Waals surface area contributed by atoms with Crippen LogP contribution in [0.2, 0.25) is 0 Å². The molecule has 0 aromatic heterocycles. The Morgan fingerprint density at radius 3 is 2.50 bits per heavy atom. The molecule has 0 aliphatic rings. The van der Waals surface area contributed by atoms with Crippen LogP contribution in [0.25, 0.3) is 0 Å². The Balaban J connectivity index is 2.71. The number of ether oxygens (including phenoxy) is 2. The smallest absolute Gasteiger partial charge is 0.314 e. The molecule has 4 heteroatoms. The summed E-state index contributed by atoms with van der Waals surface area (Å²) >= 11 is 0. The van der Waals surface area contributed by atoms with Gasteiger partial charge in [-0.05, 0) is 12.6 Å². The summed E-state index contributed by atoms with van der Waals surface area (Å²) in [6.07, 6.45) is 0. The minimum Gasteiger partial charge on any atom is -0.469 e. The fourth-order valence-corrected chi connectivity index (χ4v) is 1.79. The van der Waals surface area contributed by atoms with Gasteiger partial charge in [0.15, 0.2) is 0 Å². The van der Waals surface area contributed by atoms with E-state index >= 15 is 0 Å². The van der Waals surface area contributed by atoms with Gasteiger partial charge in [-0.3, -0.25) is 4.79 Å². The van der Waals surface area contributed by atoms with Gasteiger partial charge in [-0.2, -0.15) is 0 Å². The van der Waals surface area contributed by atoms with E-state index in [1.165, 1.54) is 7.11 Å². The molecular weight excluding hydrogens is 230 g/mol. The molecule has 0 saturated heterocycles. The molecule has 0 saturated carbocycles. The van der Waals surface area contributed by atoms with E-state index in [1.807, 2.05) is 37.4 Å². The minimum absolute atomic E-state index is 0.203. The number of hydrogen-bond donors (Lipinski definition) is 0. The summed E-state index contributed by atoms with van der Waals surface area (Å²) in [6.45, 7) is 2.07. The molecule has 0 fully saturated rings. The number of methoxy groups -OCH3 is 2. The van der Waals surface area contributed by atoms with Crippen molar-refractivity contribution in [1.82, 2.24) is 4.90 Å². The van der Waals surface area contributed by atoms with E-state index in [0.29, 0.717) is 13.2 Å². The Morgan fingerprint density at radius 1 is 1.28 bits per heavy atom. The normalized spacial score (nSPS) is 12.4. The van der Waals surface area contributed by atoms with Crippen LogP contribution in [-0.2, 0) is 14.3 Å². The third-order valence-electron chi connectivity index (χ3n) is 2.86. The Labute approximate surface area is 108 Å². The van der Waals surface area contributed by atoms with Crippen LogP contribution in [0.4, 0.5) is 0 Å². The quantitative estimate of drug-likeness (QED) is 0.689. The monoisotopic (exact) mass is 251 g/mol. The molecule has 1 atom stereocenters. The molecule has 0 N–H and O–H groups in total. The number of esters is 1. The maximum atomic E-state index is 11.8. The van der Waals surface area contributed by atoms with Crippen molar-refractivity contribution in [2.75, 3.05) is 41.0 Å². The summed E-state index contributed by atoms with van der Waals surface area (Å²) in [7, 11) is 5.06. The predicted octanol–water partition coefficient (Wildman–Crippen LogP) is 1.52. The molecule has 0 heterocycles. The summed E-state index contributed by atoms with van der Waals surface area (Å²) in [5.41, 5.74) is 0.980. The molecule has 0 amide bonds. The van der Waals surface area contributed by atoms with E-state index in [0.717, 1.165) is 12.1 Å². The van der Waals surface area contributed by atoms with Crippen molar-refractivity contribution in [2.24, 2.45) is 0 Å². The minimum atomic E-state index is -0.252. The standard InChI is InChI=1S/C14H21NO3/c1-15(9-10-17-2)11-13(14(16)18-3)12-7-5-4-6-8-12/h4-8,13H,9-11H2,1-3H3. The third-order valence-corrected chi connectivity index (χ3v) is 2.86. The number of rotatable bonds is 7. The van der Waals surface area contributed by atoms with Crippen molar-refractivity contribution < 1.29 is 14.3 Å². The largest absolute Gasteiger partial charge is 0.469 e. The van der Waals surface area contributed by atoms with Crippen LogP contribution >= 0.6 is 0 Å². The number of carbonyl (C=O) groups excluding carboxylic acids is 1. The number of likely N-dealkylation sites (N-methyl/N-ethyl adjacent to an activating group) is 1. The zero-order valence-electron chi connectivity index (χ0n) is 11.3. The highest BCUT2D eigenvalue weighted by Gasteiger charge is 2.22. The highest BCUT2D eigenvalue weighted by atomic mass is 16.5. The van der Waals surface area contributed by atoms with Gasteiger partial charge in [-0.1, -0.05) is 30.3 Å². The van der Waals surface area contributed by atoms with Gasteiger partial charge in [0, 0.05) is 20.2 Å². The molecule has 1 aromatic carbocycles. The highest BCUT2D eigenvalue weighted by molar-refractivity contribution is 5.78. The average molecular weight is 251 g/mol. The van der Waals surface area contributed by atoms with Gasteiger partial charge < -0.3 is 14.4 Å². The van der Waals surface area contributed by atoms with Crippen LogP contribution in [0.5, 0.6) is 0 Å². The molecule has 4 nitrogen and oxygen atoms in total. The summed E-state index contributed by atoms with van der Waals surface area (Å²) in [6, 6.07) is 9.70. The first kappa shape index (κ1) is 14.7. The van der Waals surface area contributed by atoms with Crippen LogP contribution in [0.15, 0.2) is 30.3 Å². The maximum Gasteiger partial charge on any atom is 0.314 e. The molecular formula is C14H21NO3. The van der Waals surface area contributed by atoms with Gasteiger partial charge >= 0.3 is 5.97 Å². The van der Waals surface area contributed by atoms with Crippen LogP contribution in [0, 0.1) is 0 Å². The fraction of sp³-hybridized carbons (Fsp3) is 0.500. The molecule has 0 spiro atoms. The molecule has 18 heavy (non-hydrogen) atoms. The van der Waals surface area contributed by atoms with E-state index in [9.17, 15) is 4.79 Å². The Hall–Kier alpha value is -1.39. The first-order valence-corrected chi connectivity index (χ1v) is 5.99. The van der Waals surface area contributed by atoms with Gasteiger partial charge in [-0.25, -0.2) is 0 Å². The highest BCUT2D eigenvalue weighted by Crippen LogP contribution is 2.18. The second kappa shape index (κ2) is 7.84. The van der Waals surface area contributed by atoms with E-state index in [-0.39, 0.29) is 11.9 Å². The summed E-state index contributed by atoms with van der Waals surface area (Å²) in [5, 5.41) is 0. The molecule has 1 unspecified atom stereocenters. The number of hydrogen-bond acceptors (Lipinski definition) is 4. The maximum absolute atomic E-state index is 11.8. The van der Waals surface area contributed by atoms with Crippen LogP contribution in [-0.4, -0.2) is 51.8 Å². The van der Waals surface area contributed by atoms with Crippen LogP contribution in [0.1, 0.15) is 11.5 Å². The molecule has 0 bridgehead atoms. The van der Waals surface area contributed by atoms with Crippen LogP contribution in [0.3, 0.4) is 0 Å². The number of benzene rings is 1. The van der Waals surface area contributed by atoms with Gasteiger partial charge in [0.05, 0.1) is 19.6 Å². The first-order chi connectivity index (χ1) is 8.69. The average Bonchev–Trinajstić information content (AvgIpc) is 2.42. The summed E-state index contributed by atoms with van der Waals surface area (Å²) in [4.78, 5) is 13.9. The van der Waals surface area contributed by atoms with Crippen molar-refractivity contribution in [3.8, 4) is 0 Å². The molecule has 0 aliphatic carbocycles. The zero-order chi connectivity index (χ0) is 13.4. The van der Waals surface area contributed by atoms with Crippen molar-refractivity contribution >= 4 is 5.97 Å². The summed E-state index contributed by atoms with van der Waals surface area (Å²) in [5.74, 6) is -0.455. The SMILES string of the molecule is COCCN(C)CC(C(=O)OC)c1ccccc1. The van der Waals surface area contributed by atoms with Crippen LogP contribution < -0.4 is 0 Å². The lowest BCUT2D eigenvalue weighted by Crippen LogP contribution is -2.31. The lowest BCUT2D eigenvalue weighted by atomic mass is 9.99. The fourth-order valence-electron chi connectivity index (χ4n) is 1.79. The third kappa shape index (κ3) is 4.47. The Kier molecular flexibility index (Phi) is 6.39. The Morgan fingerprint density at radius 2 is 1.94 bits per heavy atom.